The molecule has 2 saturated heterocycles. The van der Waals surface area contributed by atoms with E-state index in [0.29, 0.717) is 5.41 Å². The molecule has 204 valence electrons. The highest BCUT2D eigenvalue weighted by molar-refractivity contribution is 5.73. The van der Waals surface area contributed by atoms with E-state index in [2.05, 4.69) is 39.9 Å². The SMILES string of the molecule is Cc1cccc(CN2CCC3(CC2)CC(N2CCCC2)C3)n1.O=C(O)C(F)(F)F.O=C(O)C(F)(F)F. The molecule has 7 nitrogen and oxygen atoms in total. The first kappa shape index (κ1) is 29.8. The summed E-state index contributed by atoms with van der Waals surface area (Å²) >= 11 is 0. The molecule has 1 spiro atoms. The molecule has 2 N–H and O–H groups in total. The zero-order chi connectivity index (χ0) is 27.1. The van der Waals surface area contributed by atoms with E-state index in [1.54, 1.807) is 0 Å². The first-order valence-corrected chi connectivity index (χ1v) is 11.6. The Hall–Kier alpha value is -2.41. The van der Waals surface area contributed by atoms with Crippen molar-refractivity contribution in [2.45, 2.75) is 70.4 Å². The van der Waals surface area contributed by atoms with Crippen LogP contribution in [0.3, 0.4) is 0 Å². The van der Waals surface area contributed by atoms with Gasteiger partial charge in [0.15, 0.2) is 0 Å². The lowest BCUT2D eigenvalue weighted by Crippen LogP contribution is -2.54. The number of nitrogens with zero attached hydrogens (tertiary/aromatic N) is 3. The average Bonchev–Trinajstić information content (AvgIpc) is 3.27. The number of aromatic nitrogens is 1. The molecule has 0 radical (unpaired) electrons. The Bertz CT molecular complexity index is 847. The highest BCUT2D eigenvalue weighted by Gasteiger charge is 2.47. The van der Waals surface area contributed by atoms with Crippen molar-refractivity contribution in [1.82, 2.24) is 14.8 Å². The number of carbonyl (C=O) groups is 2. The summed E-state index contributed by atoms with van der Waals surface area (Å²) in [4.78, 5) is 27.8. The summed E-state index contributed by atoms with van der Waals surface area (Å²) in [6.07, 6.45) is -1.54. The first-order chi connectivity index (χ1) is 16.6. The second-order valence-corrected chi connectivity index (χ2v) is 9.46. The average molecular weight is 528 g/mol. The molecule has 0 atom stereocenters. The molecule has 1 aromatic rings. The number of pyridine rings is 1. The van der Waals surface area contributed by atoms with Gasteiger partial charge in [0.2, 0.25) is 0 Å². The predicted octanol–water partition coefficient (Wildman–Crippen LogP) is 4.50. The van der Waals surface area contributed by atoms with Gasteiger partial charge in [0.25, 0.3) is 0 Å². The number of aliphatic carboxylic acids is 2. The first-order valence-electron chi connectivity index (χ1n) is 11.6. The van der Waals surface area contributed by atoms with Crippen LogP contribution in [0.15, 0.2) is 18.2 Å². The zero-order valence-electron chi connectivity index (χ0n) is 19.9. The second kappa shape index (κ2) is 12.2. The maximum atomic E-state index is 10.6. The van der Waals surface area contributed by atoms with Crippen molar-refractivity contribution in [2.24, 2.45) is 5.41 Å². The van der Waals surface area contributed by atoms with Gasteiger partial charge in [-0.25, -0.2) is 9.59 Å². The molecule has 1 aromatic heterocycles. The van der Waals surface area contributed by atoms with Gasteiger partial charge in [0.05, 0.1) is 5.69 Å². The van der Waals surface area contributed by atoms with E-state index < -0.39 is 24.3 Å². The number of halogens is 6. The summed E-state index contributed by atoms with van der Waals surface area (Å²) in [5.41, 5.74) is 3.07. The molecule has 1 saturated carbocycles. The molecular formula is C23H31F6N3O4. The lowest BCUT2D eigenvalue weighted by molar-refractivity contribution is -0.193. The summed E-state index contributed by atoms with van der Waals surface area (Å²) in [5.74, 6) is -5.51. The summed E-state index contributed by atoms with van der Waals surface area (Å²) in [5, 5.41) is 14.2. The van der Waals surface area contributed by atoms with E-state index in [9.17, 15) is 26.3 Å². The molecule has 3 heterocycles. The summed E-state index contributed by atoms with van der Waals surface area (Å²) < 4.78 is 63.5. The molecule has 0 amide bonds. The van der Waals surface area contributed by atoms with Crippen LogP contribution in [-0.2, 0) is 16.1 Å². The minimum atomic E-state index is -5.08. The van der Waals surface area contributed by atoms with Gasteiger partial charge in [-0.15, -0.1) is 0 Å². The zero-order valence-corrected chi connectivity index (χ0v) is 19.9. The van der Waals surface area contributed by atoms with Crippen molar-refractivity contribution >= 4 is 11.9 Å². The largest absolute Gasteiger partial charge is 0.490 e. The predicted molar refractivity (Wildman–Crippen MR) is 117 cm³/mol. The van der Waals surface area contributed by atoms with Crippen molar-refractivity contribution < 1.29 is 46.1 Å². The van der Waals surface area contributed by atoms with Crippen LogP contribution >= 0.6 is 0 Å². The minimum absolute atomic E-state index is 0.698. The fourth-order valence-electron chi connectivity index (χ4n) is 4.82. The molecular weight excluding hydrogens is 496 g/mol. The second-order valence-electron chi connectivity index (χ2n) is 9.46. The van der Waals surface area contributed by atoms with Crippen LogP contribution in [0.5, 0.6) is 0 Å². The normalized spacial score (nSPS) is 20.5. The lowest BCUT2D eigenvalue weighted by atomic mass is 9.60. The molecule has 36 heavy (non-hydrogen) atoms. The summed E-state index contributed by atoms with van der Waals surface area (Å²) in [7, 11) is 0. The van der Waals surface area contributed by atoms with Crippen molar-refractivity contribution in [3.63, 3.8) is 0 Å². The summed E-state index contributed by atoms with van der Waals surface area (Å²) in [6, 6.07) is 7.31. The number of carboxylic acid groups (broad SMARTS) is 2. The van der Waals surface area contributed by atoms with E-state index in [1.807, 2.05) is 0 Å². The van der Waals surface area contributed by atoms with E-state index in [0.717, 1.165) is 18.3 Å². The number of hydrogen-bond donors (Lipinski definition) is 2. The van der Waals surface area contributed by atoms with Crippen LogP contribution in [-0.4, -0.2) is 81.5 Å². The standard InChI is InChI=1S/C19H29N3.2C2HF3O2/c1-16-5-4-6-17(20-16)15-21-11-7-19(8-12-21)13-18(14-19)22-9-2-3-10-22;2*3-2(4,5)1(6)7/h4-6,18H,2-3,7-15H2,1H3;2*(H,6,7). The van der Waals surface area contributed by atoms with Gasteiger partial charge in [0.1, 0.15) is 0 Å². The Morgan fingerprint density at radius 3 is 1.83 bits per heavy atom. The van der Waals surface area contributed by atoms with E-state index in [4.69, 9.17) is 19.8 Å². The van der Waals surface area contributed by atoms with E-state index in [-0.39, 0.29) is 0 Å². The van der Waals surface area contributed by atoms with Crippen molar-refractivity contribution in [2.75, 3.05) is 26.2 Å². The number of piperidine rings is 1. The van der Waals surface area contributed by atoms with Crippen LogP contribution in [0, 0.1) is 12.3 Å². The number of likely N-dealkylation sites (tertiary alicyclic amines) is 2. The number of aryl methyl sites for hydroxylation is 1. The van der Waals surface area contributed by atoms with Crippen LogP contribution < -0.4 is 0 Å². The molecule has 13 heteroatoms. The Kier molecular flexibility index (Phi) is 10.1. The Labute approximate surface area is 205 Å². The highest BCUT2D eigenvalue weighted by atomic mass is 19.4. The molecule has 0 bridgehead atoms. The van der Waals surface area contributed by atoms with Crippen molar-refractivity contribution in [1.29, 1.82) is 0 Å². The summed E-state index contributed by atoms with van der Waals surface area (Å²) in [6.45, 7) is 8.39. The smallest absolute Gasteiger partial charge is 0.475 e. The third kappa shape index (κ3) is 9.23. The number of alkyl halides is 6. The molecule has 3 aliphatic rings. The maximum absolute atomic E-state index is 10.6. The Morgan fingerprint density at radius 2 is 1.42 bits per heavy atom. The number of carboxylic acids is 2. The van der Waals surface area contributed by atoms with Gasteiger partial charge < -0.3 is 15.1 Å². The molecule has 0 unspecified atom stereocenters. The molecule has 3 fully saturated rings. The Balaban J connectivity index is 0.000000271. The molecule has 0 aromatic carbocycles. The quantitative estimate of drug-likeness (QED) is 0.560. The minimum Gasteiger partial charge on any atom is -0.475 e. The van der Waals surface area contributed by atoms with Gasteiger partial charge in [-0.1, -0.05) is 6.07 Å². The van der Waals surface area contributed by atoms with Gasteiger partial charge >= 0.3 is 24.3 Å². The van der Waals surface area contributed by atoms with Crippen molar-refractivity contribution in [3.05, 3.63) is 29.6 Å². The monoisotopic (exact) mass is 527 g/mol. The molecule has 2 aliphatic heterocycles. The highest BCUT2D eigenvalue weighted by Crippen LogP contribution is 2.51. The lowest BCUT2D eigenvalue weighted by Gasteiger charge is -2.54. The van der Waals surface area contributed by atoms with E-state index >= 15 is 0 Å². The van der Waals surface area contributed by atoms with Crippen LogP contribution in [0.2, 0.25) is 0 Å². The topological polar surface area (TPSA) is 94.0 Å². The van der Waals surface area contributed by atoms with Gasteiger partial charge in [-0.2, -0.15) is 26.3 Å². The van der Waals surface area contributed by atoms with Gasteiger partial charge in [-0.3, -0.25) is 9.88 Å². The van der Waals surface area contributed by atoms with Gasteiger partial charge in [0, 0.05) is 18.3 Å². The third-order valence-corrected chi connectivity index (χ3v) is 6.73. The van der Waals surface area contributed by atoms with Gasteiger partial charge in [-0.05, 0) is 89.2 Å². The fraction of sp³-hybridized carbons (Fsp3) is 0.696. The number of hydrogen-bond acceptors (Lipinski definition) is 5. The van der Waals surface area contributed by atoms with Crippen molar-refractivity contribution in [3.8, 4) is 0 Å². The molecule has 4 rings (SSSR count). The third-order valence-electron chi connectivity index (χ3n) is 6.73. The van der Waals surface area contributed by atoms with Crippen LogP contribution in [0.4, 0.5) is 26.3 Å². The van der Waals surface area contributed by atoms with E-state index in [1.165, 1.54) is 70.4 Å². The Morgan fingerprint density at radius 1 is 0.944 bits per heavy atom. The fourth-order valence-corrected chi connectivity index (χ4v) is 4.82. The van der Waals surface area contributed by atoms with Crippen LogP contribution in [0.25, 0.3) is 0 Å². The molecule has 1 aliphatic carbocycles. The number of rotatable bonds is 3. The maximum Gasteiger partial charge on any atom is 0.490 e. The van der Waals surface area contributed by atoms with Crippen LogP contribution in [0.1, 0.15) is 49.9 Å².